The Morgan fingerprint density at radius 3 is 2.47 bits per heavy atom. The standard InChI is InChI=1S/C10H12O4S/c1-12-10(11)7-8-3-5-9(6-4-8)15-14-13-2/h3-6H,7H2,1-2H3. The predicted molar refractivity (Wildman–Crippen MR) is 56.1 cm³/mol. The molecule has 0 radical (unpaired) electrons. The number of rotatable bonds is 5. The molecule has 0 heterocycles. The molecule has 0 aliphatic rings. The van der Waals surface area contributed by atoms with Crippen molar-refractivity contribution in [2.75, 3.05) is 14.2 Å². The van der Waals surface area contributed by atoms with Gasteiger partial charge in [-0.1, -0.05) is 12.1 Å². The highest BCUT2D eigenvalue weighted by molar-refractivity contribution is 7.94. The van der Waals surface area contributed by atoms with Gasteiger partial charge in [0, 0.05) is 4.90 Å². The van der Waals surface area contributed by atoms with Crippen LogP contribution in [0, 0.1) is 0 Å². The molecule has 15 heavy (non-hydrogen) atoms. The van der Waals surface area contributed by atoms with Gasteiger partial charge in [-0.15, -0.1) is 0 Å². The number of carbonyl (C=O) groups excluding carboxylic acids is 1. The van der Waals surface area contributed by atoms with Gasteiger partial charge in [0.05, 0.1) is 32.7 Å². The van der Waals surface area contributed by atoms with Crippen molar-refractivity contribution in [3.63, 3.8) is 0 Å². The summed E-state index contributed by atoms with van der Waals surface area (Å²) >= 11 is 1.12. The summed E-state index contributed by atoms with van der Waals surface area (Å²) in [6.07, 6.45) is 0.284. The number of hydrogen-bond acceptors (Lipinski definition) is 5. The van der Waals surface area contributed by atoms with Crippen LogP contribution in [0.1, 0.15) is 5.56 Å². The van der Waals surface area contributed by atoms with Crippen LogP contribution in [-0.4, -0.2) is 20.2 Å². The molecule has 0 unspecified atom stereocenters. The molecule has 4 nitrogen and oxygen atoms in total. The van der Waals surface area contributed by atoms with Crippen LogP contribution in [0.2, 0.25) is 0 Å². The molecule has 5 heteroatoms. The summed E-state index contributed by atoms with van der Waals surface area (Å²) in [6.45, 7) is 0. The summed E-state index contributed by atoms with van der Waals surface area (Å²) in [5, 5.41) is 0. The molecule has 1 aromatic rings. The van der Waals surface area contributed by atoms with E-state index in [4.69, 9.17) is 0 Å². The zero-order chi connectivity index (χ0) is 11.1. The van der Waals surface area contributed by atoms with Crippen molar-refractivity contribution in [3.8, 4) is 0 Å². The summed E-state index contributed by atoms with van der Waals surface area (Å²) in [5.41, 5.74) is 0.906. The monoisotopic (exact) mass is 228 g/mol. The first-order chi connectivity index (χ1) is 7.26. The van der Waals surface area contributed by atoms with Crippen LogP contribution in [0.15, 0.2) is 29.2 Å². The topological polar surface area (TPSA) is 44.8 Å². The average Bonchev–Trinajstić information content (AvgIpc) is 2.28. The number of ether oxygens (including phenoxy) is 1. The molecule has 82 valence electrons. The Balaban J connectivity index is 2.52. The van der Waals surface area contributed by atoms with Gasteiger partial charge in [-0.25, -0.2) is 4.89 Å². The highest BCUT2D eigenvalue weighted by atomic mass is 32.2. The van der Waals surface area contributed by atoms with Crippen molar-refractivity contribution in [1.82, 2.24) is 0 Å². The Hall–Kier alpha value is -1.04. The maximum atomic E-state index is 11.0. The summed E-state index contributed by atoms with van der Waals surface area (Å²) in [4.78, 5) is 16.3. The lowest BCUT2D eigenvalue weighted by Gasteiger charge is -2.01. The second-order valence-corrected chi connectivity index (χ2v) is 3.49. The Kier molecular flexibility index (Phi) is 5.17. The lowest BCUT2D eigenvalue weighted by molar-refractivity contribution is -0.160. The fourth-order valence-corrected chi connectivity index (χ4v) is 1.37. The first-order valence-electron chi connectivity index (χ1n) is 4.29. The molecule has 0 atom stereocenters. The molecule has 0 amide bonds. The first-order valence-corrected chi connectivity index (χ1v) is 5.03. The third-order valence-corrected chi connectivity index (χ3v) is 2.37. The van der Waals surface area contributed by atoms with Crippen molar-refractivity contribution in [3.05, 3.63) is 29.8 Å². The van der Waals surface area contributed by atoms with Crippen LogP contribution in [0.3, 0.4) is 0 Å². The van der Waals surface area contributed by atoms with Gasteiger partial charge in [-0.3, -0.25) is 4.79 Å². The third kappa shape index (κ3) is 4.33. The Morgan fingerprint density at radius 1 is 1.27 bits per heavy atom. The zero-order valence-corrected chi connectivity index (χ0v) is 9.37. The second-order valence-electron chi connectivity index (χ2n) is 2.71. The number of methoxy groups -OCH3 is 1. The fraction of sp³-hybridized carbons (Fsp3) is 0.300. The largest absolute Gasteiger partial charge is 0.469 e. The number of benzene rings is 1. The Bertz CT molecular complexity index is 310. The van der Waals surface area contributed by atoms with E-state index in [1.54, 1.807) is 0 Å². The number of carbonyl (C=O) groups is 1. The molecule has 0 saturated carbocycles. The van der Waals surface area contributed by atoms with Crippen LogP contribution >= 0.6 is 12.0 Å². The van der Waals surface area contributed by atoms with Crippen LogP contribution in [0.25, 0.3) is 0 Å². The van der Waals surface area contributed by atoms with E-state index in [0.29, 0.717) is 0 Å². The SMILES string of the molecule is COOSc1ccc(CC(=O)OC)cc1. The maximum absolute atomic E-state index is 11.0. The molecule has 0 aromatic heterocycles. The van der Waals surface area contributed by atoms with Crippen molar-refractivity contribution in [2.24, 2.45) is 0 Å². The molecule has 0 bridgehead atoms. The molecular weight excluding hydrogens is 216 g/mol. The minimum Gasteiger partial charge on any atom is -0.469 e. The smallest absolute Gasteiger partial charge is 0.309 e. The van der Waals surface area contributed by atoms with Crippen molar-refractivity contribution in [1.29, 1.82) is 0 Å². The summed E-state index contributed by atoms with van der Waals surface area (Å²) in [5.74, 6) is -0.247. The van der Waals surface area contributed by atoms with Gasteiger partial charge in [-0.2, -0.15) is 4.33 Å². The Morgan fingerprint density at radius 2 is 1.93 bits per heavy atom. The lowest BCUT2D eigenvalue weighted by Crippen LogP contribution is -2.03. The van der Waals surface area contributed by atoms with E-state index in [1.165, 1.54) is 14.2 Å². The zero-order valence-electron chi connectivity index (χ0n) is 8.56. The molecule has 0 aliphatic heterocycles. The second kappa shape index (κ2) is 6.44. The summed E-state index contributed by atoms with van der Waals surface area (Å²) in [7, 11) is 2.82. The highest BCUT2D eigenvalue weighted by Crippen LogP contribution is 2.19. The quantitative estimate of drug-likeness (QED) is 0.334. The maximum Gasteiger partial charge on any atom is 0.309 e. The molecule has 1 aromatic carbocycles. The van der Waals surface area contributed by atoms with Gasteiger partial charge in [0.15, 0.2) is 0 Å². The minimum absolute atomic E-state index is 0.247. The van der Waals surface area contributed by atoms with Crippen molar-refractivity contribution in [2.45, 2.75) is 11.3 Å². The van der Waals surface area contributed by atoms with E-state index in [2.05, 4.69) is 14.0 Å². The molecular formula is C10H12O4S. The number of esters is 1. The number of hydrogen-bond donors (Lipinski definition) is 0. The fourth-order valence-electron chi connectivity index (χ4n) is 0.975. The molecule has 1 rings (SSSR count). The van der Waals surface area contributed by atoms with Crippen molar-refractivity contribution < 1.29 is 18.8 Å². The molecule has 0 saturated heterocycles. The van der Waals surface area contributed by atoms with E-state index in [1.807, 2.05) is 24.3 Å². The van der Waals surface area contributed by atoms with Crippen LogP contribution < -0.4 is 0 Å². The van der Waals surface area contributed by atoms with E-state index in [9.17, 15) is 4.79 Å². The predicted octanol–water partition coefficient (Wildman–Crippen LogP) is 1.99. The molecule has 0 spiro atoms. The van der Waals surface area contributed by atoms with Crippen molar-refractivity contribution >= 4 is 18.0 Å². The molecule has 0 fully saturated rings. The molecule has 0 aliphatic carbocycles. The van der Waals surface area contributed by atoms with E-state index in [-0.39, 0.29) is 12.4 Å². The summed E-state index contributed by atoms with van der Waals surface area (Å²) in [6, 6.07) is 7.39. The minimum atomic E-state index is -0.247. The molecule has 0 N–H and O–H groups in total. The lowest BCUT2D eigenvalue weighted by atomic mass is 10.2. The van der Waals surface area contributed by atoms with E-state index < -0.39 is 0 Å². The van der Waals surface area contributed by atoms with E-state index in [0.717, 1.165) is 22.5 Å². The van der Waals surface area contributed by atoms with Gasteiger partial charge in [0.25, 0.3) is 0 Å². The van der Waals surface area contributed by atoms with Gasteiger partial charge in [-0.05, 0) is 17.7 Å². The van der Waals surface area contributed by atoms with Gasteiger partial charge in [0.1, 0.15) is 0 Å². The van der Waals surface area contributed by atoms with Crippen LogP contribution in [0.4, 0.5) is 0 Å². The van der Waals surface area contributed by atoms with Crippen LogP contribution in [-0.2, 0) is 25.2 Å². The normalized spacial score (nSPS) is 10.0. The summed E-state index contributed by atoms with van der Waals surface area (Å²) < 4.78 is 9.25. The van der Waals surface area contributed by atoms with Gasteiger partial charge >= 0.3 is 5.97 Å². The van der Waals surface area contributed by atoms with Crippen LogP contribution in [0.5, 0.6) is 0 Å². The van der Waals surface area contributed by atoms with Gasteiger partial charge < -0.3 is 4.74 Å². The van der Waals surface area contributed by atoms with Gasteiger partial charge in [0.2, 0.25) is 0 Å². The van der Waals surface area contributed by atoms with E-state index >= 15 is 0 Å². The average molecular weight is 228 g/mol. The first kappa shape index (κ1) is 12.0. The highest BCUT2D eigenvalue weighted by Gasteiger charge is 2.02. The Labute approximate surface area is 92.7 Å². The third-order valence-electron chi connectivity index (χ3n) is 1.70.